The molecule has 0 bridgehead atoms. The minimum Gasteiger partial charge on any atom is -0.497 e. The van der Waals surface area contributed by atoms with Gasteiger partial charge in [0.15, 0.2) is 0 Å². The minimum absolute atomic E-state index is 0.155. The summed E-state index contributed by atoms with van der Waals surface area (Å²) in [6, 6.07) is 12.1. The Balaban J connectivity index is 1.51. The van der Waals surface area contributed by atoms with Crippen molar-refractivity contribution in [1.82, 2.24) is 9.88 Å². The molecule has 0 atom stereocenters. The summed E-state index contributed by atoms with van der Waals surface area (Å²) < 4.78 is 6.45. The van der Waals surface area contributed by atoms with Crippen molar-refractivity contribution in [3.05, 3.63) is 62.9 Å². The van der Waals surface area contributed by atoms with Gasteiger partial charge in [-0.1, -0.05) is 12.1 Å². The van der Waals surface area contributed by atoms with Gasteiger partial charge in [-0.05, 0) is 83.7 Å². The van der Waals surface area contributed by atoms with Gasteiger partial charge in [-0.3, -0.25) is 4.79 Å². The summed E-state index contributed by atoms with van der Waals surface area (Å²) in [4.78, 5) is 18.3. The molecule has 0 aliphatic carbocycles. The van der Waals surface area contributed by atoms with Gasteiger partial charge in [0.2, 0.25) is 0 Å². The normalized spacial score (nSPS) is 15.3. The SMILES string of the molecule is COc1ccc2[nH]cc(C3CCN(C(=O)c4cccc(C)c4I)CC3)c2c1. The second kappa shape index (κ2) is 7.54. The number of methoxy groups -OCH3 is 1. The first-order valence-electron chi connectivity index (χ1n) is 9.28. The van der Waals surface area contributed by atoms with Crippen LogP contribution in [0.25, 0.3) is 10.9 Å². The third kappa shape index (κ3) is 3.45. The fourth-order valence-electron chi connectivity index (χ4n) is 3.96. The minimum atomic E-state index is 0.155. The van der Waals surface area contributed by atoms with E-state index >= 15 is 0 Å². The molecule has 0 radical (unpaired) electrons. The molecule has 0 saturated carbocycles. The second-order valence-corrected chi connectivity index (χ2v) is 8.24. The van der Waals surface area contributed by atoms with E-state index in [-0.39, 0.29) is 5.91 Å². The number of likely N-dealkylation sites (tertiary alicyclic amines) is 1. The van der Waals surface area contributed by atoms with Gasteiger partial charge in [-0.15, -0.1) is 0 Å². The Labute approximate surface area is 173 Å². The Morgan fingerprint density at radius 2 is 2.00 bits per heavy atom. The first kappa shape index (κ1) is 18.3. The van der Waals surface area contributed by atoms with Crippen LogP contribution in [0.4, 0.5) is 0 Å². The van der Waals surface area contributed by atoms with Crippen molar-refractivity contribution in [2.45, 2.75) is 25.7 Å². The van der Waals surface area contributed by atoms with Gasteiger partial charge >= 0.3 is 0 Å². The number of carbonyl (C=O) groups is 1. The number of H-pyrrole nitrogens is 1. The zero-order chi connectivity index (χ0) is 19.0. The Kier molecular flexibility index (Phi) is 5.12. The number of hydrogen-bond donors (Lipinski definition) is 1. The number of aromatic nitrogens is 1. The van der Waals surface area contributed by atoms with Crippen LogP contribution in [-0.4, -0.2) is 36.0 Å². The molecule has 4 nitrogen and oxygen atoms in total. The largest absolute Gasteiger partial charge is 0.497 e. The van der Waals surface area contributed by atoms with Gasteiger partial charge in [0.25, 0.3) is 5.91 Å². The lowest BCUT2D eigenvalue weighted by atomic mass is 9.89. The molecule has 2 heterocycles. The standard InChI is InChI=1S/C22H23IN2O2/c1-14-4-3-5-17(21(14)23)22(26)25-10-8-15(9-11-25)19-13-24-20-7-6-16(27-2)12-18(19)20/h3-7,12-13,15,24H,8-11H2,1-2H3. The molecule has 1 aliphatic heterocycles. The summed E-state index contributed by atoms with van der Waals surface area (Å²) in [6.45, 7) is 3.64. The number of fused-ring (bicyclic) bond motifs is 1. The van der Waals surface area contributed by atoms with E-state index in [0.717, 1.165) is 51.9 Å². The number of aryl methyl sites for hydroxylation is 1. The van der Waals surface area contributed by atoms with Gasteiger partial charge in [0.1, 0.15) is 5.75 Å². The van der Waals surface area contributed by atoms with E-state index in [0.29, 0.717) is 5.92 Å². The number of hydrogen-bond acceptors (Lipinski definition) is 2. The molecule has 1 aliphatic rings. The van der Waals surface area contributed by atoms with Gasteiger partial charge < -0.3 is 14.6 Å². The van der Waals surface area contributed by atoms with E-state index in [1.807, 2.05) is 23.1 Å². The maximum atomic E-state index is 13.0. The highest BCUT2D eigenvalue weighted by Gasteiger charge is 2.27. The van der Waals surface area contributed by atoms with Crippen LogP contribution in [0.5, 0.6) is 5.75 Å². The maximum Gasteiger partial charge on any atom is 0.254 e. The molecule has 1 N–H and O–H groups in total. The van der Waals surface area contributed by atoms with Crippen molar-refractivity contribution in [2.24, 2.45) is 0 Å². The third-order valence-electron chi connectivity index (χ3n) is 5.57. The van der Waals surface area contributed by atoms with Crippen molar-refractivity contribution >= 4 is 39.4 Å². The number of nitrogens with zero attached hydrogens (tertiary/aromatic N) is 1. The number of halogens is 1. The molecule has 2 aromatic carbocycles. The molecule has 1 aromatic heterocycles. The molecule has 5 heteroatoms. The van der Waals surface area contributed by atoms with Crippen LogP contribution in [0, 0.1) is 10.5 Å². The van der Waals surface area contributed by atoms with E-state index in [1.165, 1.54) is 10.9 Å². The van der Waals surface area contributed by atoms with E-state index in [4.69, 9.17) is 4.74 Å². The van der Waals surface area contributed by atoms with E-state index in [1.54, 1.807) is 7.11 Å². The lowest BCUT2D eigenvalue weighted by Crippen LogP contribution is -2.38. The molecule has 140 valence electrons. The summed E-state index contributed by atoms with van der Waals surface area (Å²) in [6.07, 6.45) is 4.09. The highest BCUT2D eigenvalue weighted by Crippen LogP contribution is 2.35. The number of nitrogens with one attached hydrogen (secondary N) is 1. The number of benzene rings is 2. The Morgan fingerprint density at radius 1 is 1.22 bits per heavy atom. The summed E-state index contributed by atoms with van der Waals surface area (Å²) in [7, 11) is 1.70. The fraction of sp³-hybridized carbons (Fsp3) is 0.318. The van der Waals surface area contributed by atoms with E-state index in [9.17, 15) is 4.79 Å². The summed E-state index contributed by atoms with van der Waals surface area (Å²) in [5, 5.41) is 1.23. The summed E-state index contributed by atoms with van der Waals surface area (Å²) in [5.74, 6) is 1.50. The van der Waals surface area contributed by atoms with Crippen molar-refractivity contribution in [3.8, 4) is 5.75 Å². The van der Waals surface area contributed by atoms with Crippen LogP contribution in [0.15, 0.2) is 42.6 Å². The van der Waals surface area contributed by atoms with Crippen LogP contribution < -0.4 is 4.74 Å². The number of aromatic amines is 1. The molecule has 0 spiro atoms. The van der Waals surface area contributed by atoms with Crippen LogP contribution >= 0.6 is 22.6 Å². The average molecular weight is 474 g/mol. The first-order chi connectivity index (χ1) is 13.1. The first-order valence-corrected chi connectivity index (χ1v) is 10.4. The predicted octanol–water partition coefficient (Wildman–Crippen LogP) is 5.11. The smallest absolute Gasteiger partial charge is 0.254 e. The highest BCUT2D eigenvalue weighted by molar-refractivity contribution is 14.1. The maximum absolute atomic E-state index is 13.0. The molecular formula is C22H23IN2O2. The Bertz CT molecular complexity index is 987. The van der Waals surface area contributed by atoms with Gasteiger partial charge in [0.05, 0.1) is 12.7 Å². The quantitative estimate of drug-likeness (QED) is 0.537. The molecule has 4 rings (SSSR count). The second-order valence-electron chi connectivity index (χ2n) is 7.16. The monoisotopic (exact) mass is 474 g/mol. The van der Waals surface area contributed by atoms with Crippen LogP contribution in [0.1, 0.15) is 40.2 Å². The Morgan fingerprint density at radius 3 is 2.74 bits per heavy atom. The zero-order valence-electron chi connectivity index (χ0n) is 15.6. The Hall–Kier alpha value is -2.02. The molecular weight excluding hydrogens is 451 g/mol. The number of piperidine rings is 1. The zero-order valence-corrected chi connectivity index (χ0v) is 17.7. The summed E-state index contributed by atoms with van der Waals surface area (Å²) >= 11 is 2.28. The molecule has 1 amide bonds. The van der Waals surface area contributed by atoms with E-state index in [2.05, 4.69) is 58.9 Å². The van der Waals surface area contributed by atoms with Crippen LogP contribution in [0.3, 0.4) is 0 Å². The van der Waals surface area contributed by atoms with Crippen molar-refractivity contribution < 1.29 is 9.53 Å². The predicted molar refractivity (Wildman–Crippen MR) is 117 cm³/mol. The lowest BCUT2D eigenvalue weighted by Gasteiger charge is -2.32. The van der Waals surface area contributed by atoms with E-state index < -0.39 is 0 Å². The average Bonchev–Trinajstić information content (AvgIpc) is 3.12. The lowest BCUT2D eigenvalue weighted by molar-refractivity contribution is 0.0712. The van der Waals surface area contributed by atoms with Crippen molar-refractivity contribution in [3.63, 3.8) is 0 Å². The molecule has 1 saturated heterocycles. The van der Waals surface area contributed by atoms with Crippen molar-refractivity contribution in [1.29, 1.82) is 0 Å². The van der Waals surface area contributed by atoms with Gasteiger partial charge in [-0.25, -0.2) is 0 Å². The summed E-state index contributed by atoms with van der Waals surface area (Å²) in [5.41, 5.74) is 4.45. The van der Waals surface area contributed by atoms with Crippen LogP contribution in [0.2, 0.25) is 0 Å². The number of rotatable bonds is 3. The molecule has 1 fully saturated rings. The number of carbonyl (C=O) groups excluding carboxylic acids is 1. The number of amides is 1. The van der Waals surface area contributed by atoms with Gasteiger partial charge in [-0.2, -0.15) is 0 Å². The fourth-order valence-corrected chi connectivity index (χ4v) is 4.55. The molecule has 3 aromatic rings. The van der Waals surface area contributed by atoms with Crippen LogP contribution in [-0.2, 0) is 0 Å². The number of ether oxygens (including phenoxy) is 1. The van der Waals surface area contributed by atoms with Crippen molar-refractivity contribution in [2.75, 3.05) is 20.2 Å². The molecule has 27 heavy (non-hydrogen) atoms. The highest BCUT2D eigenvalue weighted by atomic mass is 127. The molecule has 0 unspecified atom stereocenters. The topological polar surface area (TPSA) is 45.3 Å². The van der Waals surface area contributed by atoms with Gasteiger partial charge in [0, 0.05) is 33.8 Å². The third-order valence-corrected chi connectivity index (χ3v) is 7.00.